The number of aromatic carboxylic acids is 1. The number of hydrogen-bond acceptors (Lipinski definition) is 4. The van der Waals surface area contributed by atoms with Gasteiger partial charge in [0.1, 0.15) is 0 Å². The number of benzene rings is 1. The summed E-state index contributed by atoms with van der Waals surface area (Å²) in [6, 6.07) is 7.47. The van der Waals surface area contributed by atoms with Gasteiger partial charge in [0.2, 0.25) is 0 Å². The van der Waals surface area contributed by atoms with E-state index in [4.69, 9.17) is 0 Å². The van der Waals surface area contributed by atoms with Crippen molar-refractivity contribution >= 4 is 11.7 Å². The maximum Gasteiger partial charge on any atom is 0.338 e. The first-order valence-corrected chi connectivity index (χ1v) is 6.00. The second-order valence-corrected chi connectivity index (χ2v) is 4.15. The third-order valence-corrected chi connectivity index (χ3v) is 2.95. The van der Waals surface area contributed by atoms with E-state index in [1.54, 1.807) is 12.1 Å². The van der Waals surface area contributed by atoms with Gasteiger partial charge in [-0.1, -0.05) is 19.1 Å². The van der Waals surface area contributed by atoms with Crippen molar-refractivity contribution in [2.75, 3.05) is 0 Å². The van der Waals surface area contributed by atoms with Crippen LogP contribution in [0.3, 0.4) is 0 Å². The second kappa shape index (κ2) is 5.48. The van der Waals surface area contributed by atoms with Gasteiger partial charge in [0, 0.05) is 18.3 Å². The zero-order valence-corrected chi connectivity index (χ0v) is 10.7. The largest absolute Gasteiger partial charge is 0.478 e. The molecule has 0 fully saturated rings. The van der Waals surface area contributed by atoms with Gasteiger partial charge in [0.25, 0.3) is 5.69 Å². The van der Waals surface area contributed by atoms with Crippen LogP contribution in [0.2, 0.25) is 0 Å². The number of nitrogens with zero attached hydrogens (tertiary/aromatic N) is 2. The van der Waals surface area contributed by atoms with Crippen LogP contribution in [0.15, 0.2) is 36.5 Å². The first kappa shape index (κ1) is 13.7. The molecule has 1 aromatic carbocycles. The topological polar surface area (TPSA) is 93.3 Å². The number of rotatable bonds is 4. The van der Waals surface area contributed by atoms with Gasteiger partial charge in [-0.2, -0.15) is 0 Å². The molecular weight excluding hydrogens is 260 g/mol. The summed E-state index contributed by atoms with van der Waals surface area (Å²) in [5.41, 5.74) is 1.41. The van der Waals surface area contributed by atoms with Crippen LogP contribution in [0.4, 0.5) is 5.69 Å². The highest BCUT2D eigenvalue weighted by Crippen LogP contribution is 2.28. The summed E-state index contributed by atoms with van der Waals surface area (Å²) in [7, 11) is 0. The van der Waals surface area contributed by atoms with Crippen molar-refractivity contribution in [3.8, 4) is 11.1 Å². The van der Waals surface area contributed by atoms with Crippen molar-refractivity contribution in [2.45, 2.75) is 13.3 Å². The molecule has 0 unspecified atom stereocenters. The van der Waals surface area contributed by atoms with E-state index in [1.165, 1.54) is 24.4 Å². The number of nitro benzene ring substituents is 1. The molecule has 0 saturated carbocycles. The first-order valence-electron chi connectivity index (χ1n) is 6.00. The Kier molecular flexibility index (Phi) is 3.74. The minimum Gasteiger partial charge on any atom is -0.478 e. The summed E-state index contributed by atoms with van der Waals surface area (Å²) in [5.74, 6) is -1.09. The van der Waals surface area contributed by atoms with E-state index in [9.17, 15) is 20.0 Å². The molecule has 0 saturated heterocycles. The lowest BCUT2D eigenvalue weighted by atomic mass is 9.98. The Labute approximate surface area is 114 Å². The SMILES string of the molecule is CCc1nccc(-c2cccc([N+](=O)[O-])c2)c1C(=O)O. The van der Waals surface area contributed by atoms with Crippen LogP contribution in [0.25, 0.3) is 11.1 Å². The molecule has 0 amide bonds. The molecule has 1 N–H and O–H groups in total. The number of nitro groups is 1. The Morgan fingerprint density at radius 2 is 2.15 bits per heavy atom. The van der Waals surface area contributed by atoms with Gasteiger partial charge in [-0.05, 0) is 23.6 Å². The number of carboxylic acids is 1. The zero-order valence-electron chi connectivity index (χ0n) is 10.7. The number of carbonyl (C=O) groups is 1. The van der Waals surface area contributed by atoms with Gasteiger partial charge in [0.05, 0.1) is 16.2 Å². The molecule has 0 atom stereocenters. The maximum atomic E-state index is 11.4. The van der Waals surface area contributed by atoms with Crippen LogP contribution in [-0.4, -0.2) is 21.0 Å². The van der Waals surface area contributed by atoms with Crippen molar-refractivity contribution in [3.05, 3.63) is 57.9 Å². The number of aromatic nitrogens is 1. The fourth-order valence-corrected chi connectivity index (χ4v) is 2.04. The van der Waals surface area contributed by atoms with Crippen LogP contribution < -0.4 is 0 Å². The summed E-state index contributed by atoms with van der Waals surface area (Å²) in [6.45, 7) is 1.81. The van der Waals surface area contributed by atoms with Crippen LogP contribution in [0.1, 0.15) is 23.0 Å². The third-order valence-electron chi connectivity index (χ3n) is 2.95. The highest BCUT2D eigenvalue weighted by atomic mass is 16.6. The predicted molar refractivity (Wildman–Crippen MR) is 72.7 cm³/mol. The molecule has 6 heteroatoms. The number of pyridine rings is 1. The van der Waals surface area contributed by atoms with Gasteiger partial charge in [-0.15, -0.1) is 0 Å². The predicted octanol–water partition coefficient (Wildman–Crippen LogP) is 2.92. The molecule has 20 heavy (non-hydrogen) atoms. The first-order chi connectivity index (χ1) is 9.54. The van der Waals surface area contributed by atoms with E-state index >= 15 is 0 Å². The molecule has 0 aliphatic carbocycles. The molecule has 0 bridgehead atoms. The smallest absolute Gasteiger partial charge is 0.338 e. The van der Waals surface area contributed by atoms with Crippen LogP contribution in [-0.2, 0) is 6.42 Å². The molecule has 2 rings (SSSR count). The fourth-order valence-electron chi connectivity index (χ4n) is 2.04. The van der Waals surface area contributed by atoms with E-state index in [1.807, 2.05) is 6.92 Å². The molecule has 2 aromatic rings. The molecule has 0 aliphatic rings. The lowest BCUT2D eigenvalue weighted by Gasteiger charge is -2.09. The lowest BCUT2D eigenvalue weighted by Crippen LogP contribution is -2.06. The van der Waals surface area contributed by atoms with Crippen molar-refractivity contribution < 1.29 is 14.8 Å². The number of hydrogen-bond donors (Lipinski definition) is 1. The minimum atomic E-state index is -1.09. The summed E-state index contributed by atoms with van der Waals surface area (Å²) in [4.78, 5) is 25.8. The Hall–Kier alpha value is -2.76. The van der Waals surface area contributed by atoms with E-state index in [0.717, 1.165) is 0 Å². The second-order valence-electron chi connectivity index (χ2n) is 4.15. The third kappa shape index (κ3) is 2.49. The molecule has 1 heterocycles. The quantitative estimate of drug-likeness (QED) is 0.682. The van der Waals surface area contributed by atoms with E-state index in [2.05, 4.69) is 4.98 Å². The standard InChI is InChI=1S/C14H12N2O4/c1-2-12-13(14(17)18)11(6-7-15-12)9-4-3-5-10(8-9)16(19)20/h3-8H,2H2,1H3,(H,17,18). The number of non-ortho nitro benzene ring substituents is 1. The molecular formula is C14H12N2O4. The molecule has 6 nitrogen and oxygen atoms in total. The van der Waals surface area contributed by atoms with Gasteiger partial charge in [-0.25, -0.2) is 4.79 Å². The van der Waals surface area contributed by atoms with Crippen LogP contribution in [0, 0.1) is 10.1 Å². The average Bonchev–Trinajstić information content (AvgIpc) is 2.46. The Bertz CT molecular complexity index is 683. The van der Waals surface area contributed by atoms with Crippen LogP contribution >= 0.6 is 0 Å². The van der Waals surface area contributed by atoms with E-state index in [0.29, 0.717) is 23.2 Å². The average molecular weight is 272 g/mol. The van der Waals surface area contributed by atoms with Crippen LogP contribution in [0.5, 0.6) is 0 Å². The zero-order chi connectivity index (χ0) is 14.7. The Balaban J connectivity index is 2.66. The Morgan fingerprint density at radius 1 is 1.40 bits per heavy atom. The van der Waals surface area contributed by atoms with Crippen molar-refractivity contribution in [3.63, 3.8) is 0 Å². The summed E-state index contributed by atoms with van der Waals surface area (Å²) in [6.07, 6.45) is 1.99. The maximum absolute atomic E-state index is 11.4. The van der Waals surface area contributed by atoms with Gasteiger partial charge >= 0.3 is 5.97 Å². The number of carboxylic acid groups (broad SMARTS) is 1. The van der Waals surface area contributed by atoms with E-state index in [-0.39, 0.29) is 11.3 Å². The van der Waals surface area contributed by atoms with Gasteiger partial charge in [-0.3, -0.25) is 15.1 Å². The van der Waals surface area contributed by atoms with Crippen molar-refractivity contribution in [2.24, 2.45) is 0 Å². The normalized spacial score (nSPS) is 10.2. The number of aryl methyl sites for hydroxylation is 1. The summed E-state index contributed by atoms with van der Waals surface area (Å²) in [5, 5.41) is 20.1. The molecule has 102 valence electrons. The monoisotopic (exact) mass is 272 g/mol. The van der Waals surface area contributed by atoms with Gasteiger partial charge < -0.3 is 5.11 Å². The van der Waals surface area contributed by atoms with Gasteiger partial charge in [0.15, 0.2) is 0 Å². The highest BCUT2D eigenvalue weighted by Gasteiger charge is 2.18. The highest BCUT2D eigenvalue weighted by molar-refractivity contribution is 5.97. The Morgan fingerprint density at radius 3 is 2.75 bits per heavy atom. The molecule has 0 spiro atoms. The van der Waals surface area contributed by atoms with Crippen molar-refractivity contribution in [1.82, 2.24) is 4.98 Å². The lowest BCUT2D eigenvalue weighted by molar-refractivity contribution is -0.384. The summed E-state index contributed by atoms with van der Waals surface area (Å²) >= 11 is 0. The van der Waals surface area contributed by atoms with Crippen molar-refractivity contribution in [1.29, 1.82) is 0 Å². The summed E-state index contributed by atoms with van der Waals surface area (Å²) < 4.78 is 0. The molecule has 1 aromatic heterocycles. The van der Waals surface area contributed by atoms with E-state index < -0.39 is 10.9 Å². The fraction of sp³-hybridized carbons (Fsp3) is 0.143. The molecule has 0 aliphatic heterocycles. The minimum absolute atomic E-state index is 0.0753. The molecule has 0 radical (unpaired) electrons.